The van der Waals surface area contributed by atoms with Gasteiger partial charge in [0.05, 0.1) is 11.4 Å². The van der Waals surface area contributed by atoms with Crippen molar-refractivity contribution in [2.45, 2.75) is 33.7 Å². The van der Waals surface area contributed by atoms with Gasteiger partial charge in [-0.1, -0.05) is 17.2 Å². The van der Waals surface area contributed by atoms with E-state index in [2.05, 4.69) is 27.9 Å². The lowest BCUT2D eigenvalue weighted by Gasteiger charge is -2.17. The van der Waals surface area contributed by atoms with E-state index in [4.69, 9.17) is 10.4 Å². The Kier molecular flexibility index (Phi) is 8.35. The smallest absolute Gasteiger partial charge is 0.0706 e. The monoisotopic (exact) mass is 244 g/mol. The van der Waals surface area contributed by atoms with Crippen molar-refractivity contribution in [3.05, 3.63) is 0 Å². The summed E-state index contributed by atoms with van der Waals surface area (Å²) in [5, 5.41) is 29.8. The van der Waals surface area contributed by atoms with Gasteiger partial charge in [0.25, 0.3) is 0 Å². The number of nitrogens with one attached hydrogen (secondary N) is 2. The Morgan fingerprint density at radius 3 is 2.29 bits per heavy atom. The van der Waals surface area contributed by atoms with Crippen molar-refractivity contribution in [3.63, 3.8) is 0 Å². The minimum absolute atomic E-state index is 0.0724. The first-order valence-corrected chi connectivity index (χ1v) is 5.81. The third-order valence-corrected chi connectivity index (χ3v) is 2.60. The molecule has 0 aromatic rings. The molecular weight excluding hydrogens is 220 g/mol. The van der Waals surface area contributed by atoms with Gasteiger partial charge in [-0.2, -0.15) is 0 Å². The molecular formula is C11H24N4O2. The average molecular weight is 244 g/mol. The Balaban J connectivity index is 3.70. The zero-order valence-electron chi connectivity index (χ0n) is 11.1. The standard InChI is InChI=1S/C11H24N4O2/c1-8(5-12-7-9(2)14-16)6-13-10(3)11(4)15-17/h8,10,12-13,16-17H,5-7H2,1-4H3/b14-9+,15-11+. The van der Waals surface area contributed by atoms with Crippen LogP contribution in [0.15, 0.2) is 10.3 Å². The molecule has 4 N–H and O–H groups in total. The molecule has 0 heterocycles. The van der Waals surface area contributed by atoms with Crippen LogP contribution < -0.4 is 10.6 Å². The first-order valence-electron chi connectivity index (χ1n) is 5.81. The average Bonchev–Trinajstić information content (AvgIpc) is 2.34. The van der Waals surface area contributed by atoms with Gasteiger partial charge in [-0.25, -0.2) is 0 Å². The van der Waals surface area contributed by atoms with E-state index < -0.39 is 0 Å². The molecule has 0 aliphatic heterocycles. The van der Waals surface area contributed by atoms with Gasteiger partial charge in [0.15, 0.2) is 0 Å². The first-order chi connectivity index (χ1) is 8.01. The molecule has 0 amide bonds. The maximum absolute atomic E-state index is 8.60. The highest BCUT2D eigenvalue weighted by molar-refractivity contribution is 5.86. The third-order valence-electron chi connectivity index (χ3n) is 2.60. The van der Waals surface area contributed by atoms with E-state index in [1.807, 2.05) is 6.92 Å². The topological polar surface area (TPSA) is 89.2 Å². The zero-order chi connectivity index (χ0) is 13.3. The van der Waals surface area contributed by atoms with E-state index in [0.717, 1.165) is 13.1 Å². The van der Waals surface area contributed by atoms with E-state index >= 15 is 0 Å². The van der Waals surface area contributed by atoms with Gasteiger partial charge in [0.1, 0.15) is 0 Å². The van der Waals surface area contributed by atoms with Gasteiger partial charge in [-0.15, -0.1) is 0 Å². The van der Waals surface area contributed by atoms with Crippen LogP contribution in [0.2, 0.25) is 0 Å². The molecule has 6 nitrogen and oxygen atoms in total. The van der Waals surface area contributed by atoms with Crippen molar-refractivity contribution in [2.75, 3.05) is 19.6 Å². The van der Waals surface area contributed by atoms with E-state index in [1.165, 1.54) is 0 Å². The van der Waals surface area contributed by atoms with Crippen LogP contribution in [-0.2, 0) is 0 Å². The van der Waals surface area contributed by atoms with Crippen molar-refractivity contribution >= 4 is 11.4 Å². The second-order valence-corrected chi connectivity index (χ2v) is 4.44. The number of nitrogens with zero attached hydrogens (tertiary/aromatic N) is 2. The molecule has 0 fully saturated rings. The molecule has 0 aliphatic carbocycles. The SMILES string of the molecule is C/C(CNCC(C)CNC(C)/C(C)=N/O)=N\O. The number of hydrogen-bond acceptors (Lipinski definition) is 6. The summed E-state index contributed by atoms with van der Waals surface area (Å²) in [6, 6.07) is 0.0724. The van der Waals surface area contributed by atoms with Crippen LogP contribution >= 0.6 is 0 Å². The second-order valence-electron chi connectivity index (χ2n) is 4.44. The second kappa shape index (κ2) is 8.95. The highest BCUT2D eigenvalue weighted by atomic mass is 16.4. The molecule has 100 valence electrons. The Bertz CT molecular complexity index is 266. The minimum atomic E-state index is 0.0724. The molecule has 0 aliphatic rings. The van der Waals surface area contributed by atoms with Gasteiger partial charge in [-0.3, -0.25) is 0 Å². The molecule has 17 heavy (non-hydrogen) atoms. The normalized spacial score (nSPS) is 16.9. The summed E-state index contributed by atoms with van der Waals surface area (Å²) in [5.41, 5.74) is 1.34. The molecule has 0 bridgehead atoms. The van der Waals surface area contributed by atoms with Crippen molar-refractivity contribution in [1.82, 2.24) is 10.6 Å². The molecule has 0 rings (SSSR count). The van der Waals surface area contributed by atoms with Crippen molar-refractivity contribution in [3.8, 4) is 0 Å². The molecule has 0 radical (unpaired) electrons. The lowest BCUT2D eigenvalue weighted by molar-refractivity contribution is 0.315. The van der Waals surface area contributed by atoms with Crippen molar-refractivity contribution < 1.29 is 10.4 Å². The van der Waals surface area contributed by atoms with E-state index in [9.17, 15) is 0 Å². The van der Waals surface area contributed by atoms with Crippen LogP contribution in [0.4, 0.5) is 0 Å². The molecule has 0 aromatic carbocycles. The van der Waals surface area contributed by atoms with Crippen LogP contribution in [0.3, 0.4) is 0 Å². The van der Waals surface area contributed by atoms with Crippen molar-refractivity contribution in [1.29, 1.82) is 0 Å². The summed E-state index contributed by atoms with van der Waals surface area (Å²) in [7, 11) is 0. The van der Waals surface area contributed by atoms with Gasteiger partial charge in [-0.05, 0) is 39.8 Å². The van der Waals surface area contributed by atoms with Gasteiger partial charge in [0, 0.05) is 12.6 Å². The maximum atomic E-state index is 8.60. The van der Waals surface area contributed by atoms with E-state index in [0.29, 0.717) is 23.9 Å². The summed E-state index contributed by atoms with van der Waals surface area (Å²) < 4.78 is 0. The van der Waals surface area contributed by atoms with Crippen LogP contribution in [0, 0.1) is 5.92 Å². The Morgan fingerprint density at radius 2 is 1.76 bits per heavy atom. The predicted octanol–water partition coefficient (Wildman–Crippen LogP) is 0.890. The largest absolute Gasteiger partial charge is 0.411 e. The summed E-state index contributed by atoms with van der Waals surface area (Å²) in [5.74, 6) is 0.440. The zero-order valence-corrected chi connectivity index (χ0v) is 11.1. The first kappa shape index (κ1) is 15.9. The van der Waals surface area contributed by atoms with Gasteiger partial charge in [0.2, 0.25) is 0 Å². The molecule has 0 saturated carbocycles. The number of hydrogen-bond donors (Lipinski definition) is 4. The van der Waals surface area contributed by atoms with Gasteiger partial charge < -0.3 is 21.0 Å². The quantitative estimate of drug-likeness (QED) is 0.290. The molecule has 2 atom stereocenters. The van der Waals surface area contributed by atoms with Crippen LogP contribution in [-0.4, -0.2) is 47.5 Å². The van der Waals surface area contributed by atoms with Crippen LogP contribution in [0.25, 0.3) is 0 Å². The number of oxime groups is 2. The maximum Gasteiger partial charge on any atom is 0.0706 e. The lowest BCUT2D eigenvalue weighted by atomic mass is 10.1. The fraction of sp³-hybridized carbons (Fsp3) is 0.818. The fourth-order valence-electron chi connectivity index (χ4n) is 1.22. The molecule has 2 unspecified atom stereocenters. The third kappa shape index (κ3) is 7.70. The van der Waals surface area contributed by atoms with E-state index in [-0.39, 0.29) is 6.04 Å². The van der Waals surface area contributed by atoms with Gasteiger partial charge >= 0.3 is 0 Å². The number of rotatable bonds is 8. The summed E-state index contributed by atoms with van der Waals surface area (Å²) >= 11 is 0. The molecule has 0 saturated heterocycles. The highest BCUT2D eigenvalue weighted by Gasteiger charge is 2.08. The Hall–Kier alpha value is -1.14. The summed E-state index contributed by atoms with van der Waals surface area (Å²) in [6.07, 6.45) is 0. The van der Waals surface area contributed by atoms with E-state index in [1.54, 1.807) is 13.8 Å². The molecule has 0 spiro atoms. The summed E-state index contributed by atoms with van der Waals surface area (Å²) in [6.45, 7) is 9.87. The van der Waals surface area contributed by atoms with Crippen LogP contribution in [0.5, 0.6) is 0 Å². The summed E-state index contributed by atoms with van der Waals surface area (Å²) in [4.78, 5) is 0. The molecule has 6 heteroatoms. The highest BCUT2D eigenvalue weighted by Crippen LogP contribution is 1.93. The minimum Gasteiger partial charge on any atom is -0.411 e. The Labute approximate surface area is 103 Å². The van der Waals surface area contributed by atoms with Crippen molar-refractivity contribution in [2.24, 2.45) is 16.2 Å². The van der Waals surface area contributed by atoms with Crippen LogP contribution in [0.1, 0.15) is 27.7 Å². The Morgan fingerprint density at radius 1 is 1.12 bits per heavy atom. The molecule has 0 aromatic heterocycles. The predicted molar refractivity (Wildman–Crippen MR) is 69.3 cm³/mol. The fourth-order valence-corrected chi connectivity index (χ4v) is 1.22. The lowest BCUT2D eigenvalue weighted by Crippen LogP contribution is -2.38.